The van der Waals surface area contributed by atoms with E-state index in [0.29, 0.717) is 6.04 Å². The highest BCUT2D eigenvalue weighted by molar-refractivity contribution is 6.31. The Hall–Kier alpha value is -0.860. The van der Waals surface area contributed by atoms with Crippen LogP contribution < -0.4 is 0 Å². The van der Waals surface area contributed by atoms with Crippen molar-refractivity contribution in [2.75, 3.05) is 13.6 Å². The van der Waals surface area contributed by atoms with Crippen LogP contribution in [-0.2, 0) is 6.42 Å². The number of likely N-dealkylation sites (tertiary alicyclic amines) is 1. The van der Waals surface area contributed by atoms with Crippen LogP contribution >= 0.6 is 11.6 Å². The largest absolute Gasteiger partial charge is 0.300 e. The number of halogens is 1. The Kier molecular flexibility index (Phi) is 2.49. The van der Waals surface area contributed by atoms with Gasteiger partial charge in [0, 0.05) is 22.8 Å². The van der Waals surface area contributed by atoms with Crippen LogP contribution in [0, 0.1) is 0 Å². The number of hydrogen-bond donors (Lipinski definition) is 0. The minimum absolute atomic E-state index is 0.602. The van der Waals surface area contributed by atoms with Crippen molar-refractivity contribution in [1.82, 2.24) is 9.88 Å². The zero-order chi connectivity index (χ0) is 11.1. The molecule has 3 rings (SSSR count). The lowest BCUT2D eigenvalue weighted by molar-refractivity contribution is 0.343. The van der Waals surface area contributed by atoms with Gasteiger partial charge in [0.25, 0.3) is 0 Å². The van der Waals surface area contributed by atoms with E-state index in [-0.39, 0.29) is 0 Å². The molecule has 1 unspecified atom stereocenters. The van der Waals surface area contributed by atoms with Crippen LogP contribution in [0.25, 0.3) is 6.08 Å². The highest BCUT2D eigenvalue weighted by Crippen LogP contribution is 2.34. The summed E-state index contributed by atoms with van der Waals surface area (Å²) < 4.78 is 0. The van der Waals surface area contributed by atoms with Crippen molar-refractivity contribution >= 4 is 17.7 Å². The number of rotatable bonds is 1. The number of fused-ring (bicyclic) bond motifs is 1. The second-order valence-electron chi connectivity index (χ2n) is 4.69. The molecule has 1 aliphatic carbocycles. The van der Waals surface area contributed by atoms with E-state index in [4.69, 9.17) is 11.6 Å². The molecule has 1 fully saturated rings. The van der Waals surface area contributed by atoms with E-state index >= 15 is 0 Å². The van der Waals surface area contributed by atoms with Gasteiger partial charge in [-0.05, 0) is 50.6 Å². The highest BCUT2D eigenvalue weighted by Gasteiger charge is 2.28. The molecule has 1 atom stereocenters. The van der Waals surface area contributed by atoms with Crippen molar-refractivity contribution in [3.63, 3.8) is 0 Å². The summed E-state index contributed by atoms with van der Waals surface area (Å²) in [4.78, 5) is 6.82. The molecule has 3 heteroatoms. The van der Waals surface area contributed by atoms with Crippen LogP contribution in [0.4, 0.5) is 0 Å². The number of likely N-dealkylation sites (N-methyl/N-ethyl adjacent to an activating group) is 1. The van der Waals surface area contributed by atoms with Gasteiger partial charge in [-0.1, -0.05) is 11.6 Å². The van der Waals surface area contributed by atoms with Crippen LogP contribution in [0.1, 0.15) is 24.1 Å². The first-order chi connectivity index (χ1) is 7.75. The lowest BCUT2D eigenvalue weighted by Crippen LogP contribution is -2.26. The summed E-state index contributed by atoms with van der Waals surface area (Å²) in [7, 11) is 2.20. The third-order valence-corrected chi connectivity index (χ3v) is 4.04. The molecule has 0 spiro atoms. The van der Waals surface area contributed by atoms with Crippen molar-refractivity contribution in [3.8, 4) is 0 Å². The minimum Gasteiger partial charge on any atom is -0.300 e. The van der Waals surface area contributed by atoms with Crippen molar-refractivity contribution < 1.29 is 0 Å². The van der Waals surface area contributed by atoms with Gasteiger partial charge in [-0.15, -0.1) is 0 Å². The van der Waals surface area contributed by atoms with Crippen molar-refractivity contribution in [2.45, 2.75) is 25.3 Å². The molecule has 0 aromatic carbocycles. The summed E-state index contributed by atoms with van der Waals surface area (Å²) in [5, 5.41) is 0.858. The maximum absolute atomic E-state index is 6.19. The lowest BCUT2D eigenvalue weighted by Gasteiger charge is -2.20. The van der Waals surface area contributed by atoms with Gasteiger partial charge in [0.15, 0.2) is 0 Å². The number of aromatic nitrogens is 1. The van der Waals surface area contributed by atoms with E-state index in [1.165, 1.54) is 30.5 Å². The first kappa shape index (κ1) is 10.3. The Morgan fingerprint density at radius 1 is 1.50 bits per heavy atom. The van der Waals surface area contributed by atoms with Crippen molar-refractivity contribution in [1.29, 1.82) is 0 Å². The van der Waals surface area contributed by atoms with Gasteiger partial charge in [0.2, 0.25) is 0 Å². The molecular weight excluding hydrogens is 220 g/mol. The van der Waals surface area contributed by atoms with E-state index < -0.39 is 0 Å². The Labute approximate surface area is 101 Å². The topological polar surface area (TPSA) is 16.1 Å². The van der Waals surface area contributed by atoms with Crippen LogP contribution in [0.3, 0.4) is 0 Å². The average molecular weight is 235 g/mol. The Balaban J connectivity index is 1.91. The molecule has 0 bridgehead atoms. The quantitative estimate of drug-likeness (QED) is 0.743. The molecule has 0 N–H and O–H groups in total. The molecule has 2 heterocycles. The van der Waals surface area contributed by atoms with Crippen LogP contribution in [0.5, 0.6) is 0 Å². The van der Waals surface area contributed by atoms with Gasteiger partial charge >= 0.3 is 0 Å². The van der Waals surface area contributed by atoms with E-state index in [1.807, 2.05) is 6.07 Å². The van der Waals surface area contributed by atoms with Gasteiger partial charge in [0.1, 0.15) is 0 Å². The van der Waals surface area contributed by atoms with Gasteiger partial charge < -0.3 is 0 Å². The summed E-state index contributed by atoms with van der Waals surface area (Å²) in [6, 6.07) is 2.49. The van der Waals surface area contributed by atoms with Crippen LogP contribution in [0.2, 0.25) is 5.02 Å². The molecule has 0 amide bonds. The second kappa shape index (κ2) is 3.86. The fourth-order valence-electron chi connectivity index (χ4n) is 2.81. The summed E-state index contributed by atoms with van der Waals surface area (Å²) in [5.74, 6) is 0. The zero-order valence-corrected chi connectivity index (χ0v) is 10.2. The first-order valence-electron chi connectivity index (χ1n) is 5.80. The average Bonchev–Trinajstić information content (AvgIpc) is 2.84. The highest BCUT2D eigenvalue weighted by atomic mass is 35.5. The molecule has 1 saturated heterocycles. The maximum Gasteiger partial charge on any atom is 0.0680 e. The molecule has 84 valence electrons. The van der Waals surface area contributed by atoms with Crippen molar-refractivity contribution in [3.05, 3.63) is 34.1 Å². The van der Waals surface area contributed by atoms with Gasteiger partial charge in [-0.2, -0.15) is 0 Å². The normalized spacial score (nSPS) is 24.6. The molecule has 0 saturated carbocycles. The number of pyridine rings is 1. The van der Waals surface area contributed by atoms with Crippen molar-refractivity contribution in [2.24, 2.45) is 0 Å². The van der Waals surface area contributed by atoms with E-state index in [0.717, 1.165) is 17.1 Å². The fraction of sp³-hybridized carbons (Fsp3) is 0.462. The zero-order valence-electron chi connectivity index (χ0n) is 9.41. The van der Waals surface area contributed by atoms with Gasteiger partial charge in [0.05, 0.1) is 5.69 Å². The predicted octanol–water partition coefficient (Wildman–Crippen LogP) is 2.77. The molecule has 16 heavy (non-hydrogen) atoms. The Morgan fingerprint density at radius 2 is 2.38 bits per heavy atom. The number of hydrogen-bond acceptors (Lipinski definition) is 2. The maximum atomic E-state index is 6.19. The first-order valence-corrected chi connectivity index (χ1v) is 6.17. The van der Waals surface area contributed by atoms with Gasteiger partial charge in [-0.25, -0.2) is 0 Å². The summed E-state index contributed by atoms with van der Waals surface area (Å²) in [5.41, 5.74) is 3.76. The molecule has 1 aromatic rings. The third-order valence-electron chi connectivity index (χ3n) is 3.68. The fourth-order valence-corrected chi connectivity index (χ4v) is 3.03. The lowest BCUT2D eigenvalue weighted by atomic mass is 10.0. The molecule has 1 aliphatic heterocycles. The van der Waals surface area contributed by atoms with E-state index in [9.17, 15) is 0 Å². The summed E-state index contributed by atoms with van der Waals surface area (Å²) >= 11 is 6.19. The standard InChI is InChI=1S/C13H15ClN2/c1-16-6-2-3-13(16)9-7-10-11(14)4-5-15-12(10)8-9/h4-5,8,13H,2-3,6-7H2,1H3. The smallest absolute Gasteiger partial charge is 0.0680 e. The molecule has 0 radical (unpaired) electrons. The predicted molar refractivity (Wildman–Crippen MR) is 66.6 cm³/mol. The molecule has 1 aromatic heterocycles. The molecular formula is C13H15ClN2. The minimum atomic E-state index is 0.602. The Morgan fingerprint density at radius 3 is 3.06 bits per heavy atom. The van der Waals surface area contributed by atoms with E-state index in [1.54, 1.807) is 6.20 Å². The monoisotopic (exact) mass is 234 g/mol. The van der Waals surface area contributed by atoms with Gasteiger partial charge in [-0.3, -0.25) is 9.88 Å². The summed E-state index contributed by atoms with van der Waals surface area (Å²) in [6.07, 6.45) is 7.58. The second-order valence-corrected chi connectivity index (χ2v) is 5.10. The van der Waals surface area contributed by atoms with Crippen LogP contribution in [-0.4, -0.2) is 29.5 Å². The summed E-state index contributed by atoms with van der Waals surface area (Å²) in [6.45, 7) is 1.21. The molecule has 2 nitrogen and oxygen atoms in total. The number of nitrogens with zero attached hydrogens (tertiary/aromatic N) is 2. The van der Waals surface area contributed by atoms with E-state index in [2.05, 4.69) is 23.0 Å². The SMILES string of the molecule is CN1CCCC1C1=Cc2nccc(Cl)c2C1. The third kappa shape index (κ3) is 1.57. The van der Waals surface area contributed by atoms with Crippen LogP contribution in [0.15, 0.2) is 17.8 Å². The Bertz CT molecular complexity index is 453. The molecule has 2 aliphatic rings.